The molecule has 0 aliphatic heterocycles. The second-order valence-corrected chi connectivity index (χ2v) is 5.41. The van der Waals surface area contributed by atoms with E-state index in [1.54, 1.807) is 14.0 Å². The molecule has 0 saturated heterocycles. The van der Waals surface area contributed by atoms with Crippen LogP contribution in [0.1, 0.15) is 5.56 Å². The van der Waals surface area contributed by atoms with Gasteiger partial charge in [-0.05, 0) is 25.6 Å². The Bertz CT molecular complexity index is 462. The molecule has 5 nitrogen and oxygen atoms in total. The fourth-order valence-corrected chi connectivity index (χ4v) is 2.24. The molecule has 1 rings (SSSR count). The van der Waals surface area contributed by atoms with Gasteiger partial charge in [-0.25, -0.2) is 18.1 Å². The number of hydrogen-bond donors (Lipinski definition) is 2. The lowest BCUT2D eigenvalue weighted by Gasteiger charge is -2.07. The molecule has 0 unspecified atom stereocenters. The summed E-state index contributed by atoms with van der Waals surface area (Å²) >= 11 is 5.72. The Balaban J connectivity index is 2.86. The third-order valence-corrected chi connectivity index (χ3v) is 3.79. The second kappa shape index (κ2) is 5.58. The van der Waals surface area contributed by atoms with E-state index in [-0.39, 0.29) is 4.90 Å². The maximum Gasteiger partial charge on any atom is 0.242 e. The zero-order valence-electron chi connectivity index (χ0n) is 9.12. The highest BCUT2D eigenvalue weighted by molar-refractivity contribution is 7.89. The van der Waals surface area contributed by atoms with Crippen LogP contribution in [0.3, 0.4) is 0 Å². The van der Waals surface area contributed by atoms with E-state index in [2.05, 4.69) is 15.0 Å². The van der Waals surface area contributed by atoms with Crippen molar-refractivity contribution in [3.63, 3.8) is 0 Å². The molecule has 1 aromatic rings. The Kier molecular flexibility index (Phi) is 4.67. The van der Waals surface area contributed by atoms with E-state index in [4.69, 9.17) is 11.6 Å². The molecule has 2 N–H and O–H groups in total. The number of nitrogens with one attached hydrogen (secondary N) is 2. The first-order valence-corrected chi connectivity index (χ1v) is 6.60. The highest BCUT2D eigenvalue weighted by Gasteiger charge is 2.14. The lowest BCUT2D eigenvalue weighted by atomic mass is 10.3. The maximum atomic E-state index is 11.7. The molecule has 0 amide bonds. The third-order valence-electron chi connectivity index (χ3n) is 1.97. The van der Waals surface area contributed by atoms with E-state index < -0.39 is 10.0 Å². The number of likely N-dealkylation sites (N-methyl/N-ethyl adjacent to an activating group) is 1. The smallest absolute Gasteiger partial charge is 0.242 e. The summed E-state index contributed by atoms with van der Waals surface area (Å²) in [6.07, 6.45) is 1.25. The van der Waals surface area contributed by atoms with E-state index in [1.807, 2.05) is 0 Å². The van der Waals surface area contributed by atoms with Crippen molar-refractivity contribution in [3.8, 4) is 0 Å². The Labute approximate surface area is 100 Å². The Morgan fingerprint density at radius 1 is 1.44 bits per heavy atom. The molecule has 90 valence electrons. The molecule has 7 heteroatoms. The first-order chi connectivity index (χ1) is 7.47. The Morgan fingerprint density at radius 3 is 2.69 bits per heavy atom. The topological polar surface area (TPSA) is 71.1 Å². The van der Waals surface area contributed by atoms with Crippen molar-refractivity contribution >= 4 is 21.6 Å². The largest absolute Gasteiger partial charge is 0.318 e. The predicted octanol–water partition coefficient (Wildman–Crippen LogP) is 0.541. The summed E-state index contributed by atoms with van der Waals surface area (Å²) in [4.78, 5) is 3.93. The number of aryl methyl sites for hydroxylation is 1. The molecule has 0 saturated carbocycles. The van der Waals surface area contributed by atoms with Gasteiger partial charge in [0.1, 0.15) is 10.0 Å². The SMILES string of the molecule is CNCCNS(=O)(=O)c1cnc(Cl)c(C)c1. The molecule has 0 fully saturated rings. The van der Waals surface area contributed by atoms with Crippen LogP contribution in [0, 0.1) is 6.92 Å². The van der Waals surface area contributed by atoms with Crippen LogP contribution in [-0.4, -0.2) is 33.5 Å². The van der Waals surface area contributed by atoms with Gasteiger partial charge in [0.15, 0.2) is 0 Å². The molecule has 16 heavy (non-hydrogen) atoms. The summed E-state index contributed by atoms with van der Waals surface area (Å²) in [7, 11) is -1.73. The summed E-state index contributed by atoms with van der Waals surface area (Å²) in [5, 5.41) is 3.16. The molecule has 0 spiro atoms. The average Bonchev–Trinajstić information content (AvgIpc) is 2.22. The standard InChI is InChI=1S/C9H14ClN3O2S/c1-7-5-8(6-12-9(7)10)16(14,15)13-4-3-11-2/h5-6,11,13H,3-4H2,1-2H3. The molecule has 1 heterocycles. The number of hydrogen-bond acceptors (Lipinski definition) is 4. The van der Waals surface area contributed by atoms with Crippen molar-refractivity contribution in [1.82, 2.24) is 15.0 Å². The van der Waals surface area contributed by atoms with Gasteiger partial charge in [0.2, 0.25) is 10.0 Å². The number of pyridine rings is 1. The van der Waals surface area contributed by atoms with Gasteiger partial charge >= 0.3 is 0 Å². The van der Waals surface area contributed by atoms with Crippen molar-refractivity contribution in [3.05, 3.63) is 23.0 Å². The number of aromatic nitrogens is 1. The van der Waals surface area contributed by atoms with Crippen molar-refractivity contribution in [1.29, 1.82) is 0 Å². The summed E-state index contributed by atoms with van der Waals surface area (Å²) in [6, 6.07) is 1.50. The number of sulfonamides is 1. The minimum absolute atomic E-state index is 0.130. The van der Waals surface area contributed by atoms with Gasteiger partial charge in [0.05, 0.1) is 0 Å². The molecule has 0 atom stereocenters. The van der Waals surface area contributed by atoms with Crippen LogP contribution in [0.25, 0.3) is 0 Å². The molecule has 0 bridgehead atoms. The summed E-state index contributed by atoms with van der Waals surface area (Å²) in [5.41, 5.74) is 0.637. The lowest BCUT2D eigenvalue weighted by molar-refractivity contribution is 0.579. The maximum absolute atomic E-state index is 11.7. The quantitative estimate of drug-likeness (QED) is 0.601. The monoisotopic (exact) mass is 263 g/mol. The molecule has 0 radical (unpaired) electrons. The van der Waals surface area contributed by atoms with Crippen molar-refractivity contribution in [2.75, 3.05) is 20.1 Å². The molecule has 0 aliphatic rings. The zero-order chi connectivity index (χ0) is 12.2. The Morgan fingerprint density at radius 2 is 2.12 bits per heavy atom. The highest BCUT2D eigenvalue weighted by atomic mass is 35.5. The van der Waals surface area contributed by atoms with Crippen molar-refractivity contribution in [2.45, 2.75) is 11.8 Å². The van der Waals surface area contributed by atoms with Crippen molar-refractivity contribution < 1.29 is 8.42 Å². The minimum Gasteiger partial charge on any atom is -0.318 e. The van der Waals surface area contributed by atoms with Crippen LogP contribution < -0.4 is 10.0 Å². The molecular formula is C9H14ClN3O2S. The number of nitrogens with zero attached hydrogens (tertiary/aromatic N) is 1. The summed E-state index contributed by atoms with van der Waals surface area (Å²) in [5.74, 6) is 0. The first kappa shape index (κ1) is 13.4. The summed E-state index contributed by atoms with van der Waals surface area (Å²) < 4.78 is 25.9. The third kappa shape index (κ3) is 3.41. The summed E-state index contributed by atoms with van der Waals surface area (Å²) in [6.45, 7) is 2.61. The van der Waals surface area contributed by atoms with Gasteiger partial charge in [-0.15, -0.1) is 0 Å². The van der Waals surface area contributed by atoms with Gasteiger partial charge in [0, 0.05) is 19.3 Å². The van der Waals surface area contributed by atoms with Crippen LogP contribution in [0.4, 0.5) is 0 Å². The van der Waals surface area contributed by atoms with Crippen LogP contribution in [0.15, 0.2) is 17.2 Å². The van der Waals surface area contributed by atoms with Crippen LogP contribution >= 0.6 is 11.6 Å². The number of halogens is 1. The second-order valence-electron chi connectivity index (χ2n) is 3.28. The zero-order valence-corrected chi connectivity index (χ0v) is 10.7. The van der Waals surface area contributed by atoms with E-state index in [0.29, 0.717) is 23.8 Å². The normalized spacial score (nSPS) is 11.7. The van der Waals surface area contributed by atoms with Gasteiger partial charge in [-0.1, -0.05) is 11.6 Å². The Hall–Kier alpha value is -0.690. The van der Waals surface area contributed by atoms with Gasteiger partial charge in [-0.3, -0.25) is 0 Å². The minimum atomic E-state index is -3.48. The lowest BCUT2D eigenvalue weighted by Crippen LogP contribution is -2.30. The fourth-order valence-electron chi connectivity index (χ4n) is 1.07. The van der Waals surface area contributed by atoms with E-state index in [9.17, 15) is 8.42 Å². The van der Waals surface area contributed by atoms with E-state index in [0.717, 1.165) is 0 Å². The van der Waals surface area contributed by atoms with Crippen LogP contribution in [-0.2, 0) is 10.0 Å². The average molecular weight is 264 g/mol. The van der Waals surface area contributed by atoms with Crippen LogP contribution in [0.2, 0.25) is 5.15 Å². The van der Waals surface area contributed by atoms with Crippen molar-refractivity contribution in [2.24, 2.45) is 0 Å². The highest BCUT2D eigenvalue weighted by Crippen LogP contribution is 2.15. The molecule has 1 aromatic heterocycles. The first-order valence-electron chi connectivity index (χ1n) is 4.74. The predicted molar refractivity (Wildman–Crippen MR) is 63.1 cm³/mol. The van der Waals surface area contributed by atoms with E-state index >= 15 is 0 Å². The fraction of sp³-hybridized carbons (Fsp3) is 0.444. The van der Waals surface area contributed by atoms with E-state index in [1.165, 1.54) is 12.3 Å². The van der Waals surface area contributed by atoms with Gasteiger partial charge in [0.25, 0.3) is 0 Å². The number of rotatable bonds is 5. The molecular weight excluding hydrogens is 250 g/mol. The van der Waals surface area contributed by atoms with Gasteiger partial charge in [-0.2, -0.15) is 0 Å². The van der Waals surface area contributed by atoms with Crippen LogP contribution in [0.5, 0.6) is 0 Å². The molecule has 0 aliphatic carbocycles. The van der Waals surface area contributed by atoms with Gasteiger partial charge < -0.3 is 5.32 Å². The molecule has 0 aromatic carbocycles.